The monoisotopic (exact) mass is 435 g/mol. The van der Waals surface area contributed by atoms with E-state index in [9.17, 15) is 19.5 Å². The summed E-state index contributed by atoms with van der Waals surface area (Å²) >= 11 is 1.48. The zero-order chi connectivity index (χ0) is 21.7. The van der Waals surface area contributed by atoms with Crippen LogP contribution in [0, 0.1) is 11.8 Å². The van der Waals surface area contributed by atoms with E-state index in [0.29, 0.717) is 17.9 Å². The highest BCUT2D eigenvalue weighted by Gasteiger charge is 2.60. The fourth-order valence-corrected chi connectivity index (χ4v) is 6.15. The van der Waals surface area contributed by atoms with Gasteiger partial charge in [-0.1, -0.05) is 6.92 Å². The van der Waals surface area contributed by atoms with Crippen LogP contribution in [0.3, 0.4) is 0 Å². The van der Waals surface area contributed by atoms with Crippen molar-refractivity contribution in [3.63, 3.8) is 0 Å². The number of aromatic nitrogens is 4. The molecule has 4 rings (SSSR count). The first-order valence-corrected chi connectivity index (χ1v) is 10.7. The average Bonchev–Trinajstić information content (AvgIpc) is 3.42. The number of carbonyl (C=O) groups is 3. The summed E-state index contributed by atoms with van der Waals surface area (Å²) in [5.74, 6) is -1.81. The number of amides is 2. The van der Waals surface area contributed by atoms with Crippen molar-refractivity contribution < 1.29 is 19.5 Å². The maximum atomic E-state index is 12.9. The molecule has 0 radical (unpaired) electrons. The van der Waals surface area contributed by atoms with Gasteiger partial charge in [0.15, 0.2) is 0 Å². The molecule has 11 nitrogen and oxygen atoms in total. The molecule has 2 amide bonds. The van der Waals surface area contributed by atoms with E-state index in [-0.39, 0.29) is 52.7 Å². The molecule has 30 heavy (non-hydrogen) atoms. The van der Waals surface area contributed by atoms with Gasteiger partial charge in [-0.05, 0) is 23.8 Å². The number of tetrazole rings is 1. The molecule has 1 aromatic heterocycles. The summed E-state index contributed by atoms with van der Waals surface area (Å²) in [6, 6.07) is -0.779. The first-order chi connectivity index (χ1) is 14.2. The number of thioether (sulfide) groups is 1. The molecule has 0 unspecified atom stereocenters. The first kappa shape index (κ1) is 20.8. The zero-order valence-corrected chi connectivity index (χ0v) is 18.0. The predicted octanol–water partition coefficient (Wildman–Crippen LogP) is -0.441. The Morgan fingerprint density at radius 3 is 2.73 bits per heavy atom. The van der Waals surface area contributed by atoms with Crippen LogP contribution in [0.5, 0.6) is 0 Å². The second-order valence-corrected chi connectivity index (χ2v) is 9.57. The molecule has 3 aliphatic rings. The Morgan fingerprint density at radius 1 is 1.40 bits per heavy atom. The third-order valence-corrected chi connectivity index (χ3v) is 7.73. The molecule has 6 atom stereocenters. The van der Waals surface area contributed by atoms with Gasteiger partial charge in [0.25, 0.3) is 0 Å². The van der Waals surface area contributed by atoms with E-state index >= 15 is 0 Å². The van der Waals surface area contributed by atoms with E-state index in [0.717, 1.165) is 0 Å². The van der Waals surface area contributed by atoms with Gasteiger partial charge < -0.3 is 20.2 Å². The molecule has 2 N–H and O–H groups in total. The minimum absolute atomic E-state index is 0.0133. The van der Waals surface area contributed by atoms with Crippen molar-refractivity contribution in [3.8, 4) is 0 Å². The number of nitrogens with one attached hydrogen (secondary N) is 1. The van der Waals surface area contributed by atoms with Gasteiger partial charge in [0.05, 0.1) is 24.0 Å². The van der Waals surface area contributed by atoms with E-state index in [1.807, 2.05) is 13.8 Å². The Balaban J connectivity index is 1.53. The number of likely N-dealkylation sites (N-methyl/N-ethyl adjacent to an activating group) is 1. The van der Waals surface area contributed by atoms with Gasteiger partial charge in [0.2, 0.25) is 11.8 Å². The molecular formula is C18H25N7O4S. The quantitative estimate of drug-likeness (QED) is 0.570. The molecular weight excluding hydrogens is 410 g/mol. The number of fused-ring (bicyclic) bond motifs is 1. The molecule has 2 fully saturated rings. The van der Waals surface area contributed by atoms with E-state index in [2.05, 4.69) is 20.8 Å². The van der Waals surface area contributed by atoms with Crippen LogP contribution in [0.2, 0.25) is 0 Å². The Hall–Kier alpha value is -2.47. The van der Waals surface area contributed by atoms with Crippen LogP contribution in [0.1, 0.15) is 26.3 Å². The highest BCUT2D eigenvalue weighted by Crippen LogP contribution is 2.53. The number of nitrogens with zero attached hydrogens (tertiary/aromatic N) is 6. The molecule has 162 valence electrons. The van der Waals surface area contributed by atoms with E-state index in [4.69, 9.17) is 0 Å². The van der Waals surface area contributed by atoms with Crippen molar-refractivity contribution >= 4 is 29.5 Å². The Kier molecular flexibility index (Phi) is 5.30. The number of aliphatic carboxylic acids is 1. The van der Waals surface area contributed by atoms with Gasteiger partial charge in [0.1, 0.15) is 12.0 Å². The van der Waals surface area contributed by atoms with Crippen molar-refractivity contribution in [2.75, 3.05) is 20.6 Å². The summed E-state index contributed by atoms with van der Waals surface area (Å²) in [5, 5.41) is 24.3. The highest BCUT2D eigenvalue weighted by atomic mass is 32.2. The van der Waals surface area contributed by atoms with E-state index in [1.165, 1.54) is 27.7 Å². The molecule has 0 aliphatic carbocycles. The number of hydrogen-bond donors (Lipinski definition) is 2. The summed E-state index contributed by atoms with van der Waals surface area (Å²) in [4.78, 5) is 40.9. The van der Waals surface area contributed by atoms with Crippen LogP contribution in [0.15, 0.2) is 16.9 Å². The number of carboxylic acids is 1. The van der Waals surface area contributed by atoms with Crippen LogP contribution in [0.4, 0.5) is 0 Å². The maximum absolute atomic E-state index is 12.9. The number of β-lactam (4-membered cyclic amide) rings is 1. The van der Waals surface area contributed by atoms with Gasteiger partial charge in [-0.3, -0.25) is 9.59 Å². The van der Waals surface area contributed by atoms with Crippen molar-refractivity contribution in [3.05, 3.63) is 16.9 Å². The maximum Gasteiger partial charge on any atom is 0.353 e. The summed E-state index contributed by atoms with van der Waals surface area (Å²) < 4.78 is 1.54. The number of carboxylic acid groups (broad SMARTS) is 1. The lowest BCUT2D eigenvalue weighted by atomic mass is 9.78. The molecule has 12 heteroatoms. The number of rotatable bonds is 6. The average molecular weight is 436 g/mol. The van der Waals surface area contributed by atoms with Crippen LogP contribution >= 0.6 is 11.8 Å². The fraction of sp³-hybridized carbons (Fsp3) is 0.667. The minimum Gasteiger partial charge on any atom is -0.477 e. The largest absolute Gasteiger partial charge is 0.477 e. The second kappa shape index (κ2) is 7.65. The molecule has 0 bridgehead atoms. The van der Waals surface area contributed by atoms with E-state index in [1.54, 1.807) is 19.0 Å². The Labute approximate surface area is 177 Å². The lowest BCUT2D eigenvalue weighted by Crippen LogP contribution is -2.62. The molecule has 1 aromatic rings. The van der Waals surface area contributed by atoms with Crippen LogP contribution in [-0.4, -0.2) is 90.9 Å². The van der Waals surface area contributed by atoms with Gasteiger partial charge in [-0.15, -0.1) is 16.9 Å². The lowest BCUT2D eigenvalue weighted by Gasteiger charge is -2.47. The summed E-state index contributed by atoms with van der Waals surface area (Å²) in [6.07, 6.45) is 2.08. The van der Waals surface area contributed by atoms with Gasteiger partial charge in [-0.2, -0.15) is 0 Å². The van der Waals surface area contributed by atoms with Crippen LogP contribution in [-0.2, 0) is 14.4 Å². The summed E-state index contributed by atoms with van der Waals surface area (Å²) in [6.45, 7) is 4.44. The van der Waals surface area contributed by atoms with E-state index < -0.39 is 5.97 Å². The summed E-state index contributed by atoms with van der Waals surface area (Å²) in [7, 11) is 3.44. The summed E-state index contributed by atoms with van der Waals surface area (Å²) in [5.41, 5.74) is 0.0741. The van der Waals surface area contributed by atoms with Crippen molar-refractivity contribution in [1.29, 1.82) is 0 Å². The SMILES string of the molecule is C[C@H]([C@H]1C(=O)N2C(C(=O)O)=C(S[C@@H]3CN[C@H](C(=O)N(C)C)C3)[C@H](C)[C@H]12)n1cnnn1. The number of carbonyl (C=O) groups excluding carboxylic acids is 2. The molecule has 0 spiro atoms. The molecule has 3 aliphatic heterocycles. The lowest BCUT2D eigenvalue weighted by molar-refractivity contribution is -0.159. The minimum atomic E-state index is -1.10. The van der Waals surface area contributed by atoms with Crippen LogP contribution in [0.25, 0.3) is 0 Å². The molecule has 2 saturated heterocycles. The Morgan fingerprint density at radius 2 is 2.13 bits per heavy atom. The molecule has 4 heterocycles. The Bertz CT molecular complexity index is 902. The topological polar surface area (TPSA) is 134 Å². The van der Waals surface area contributed by atoms with Crippen molar-refractivity contribution in [1.82, 2.24) is 35.3 Å². The first-order valence-electron chi connectivity index (χ1n) is 9.86. The van der Waals surface area contributed by atoms with Crippen molar-refractivity contribution in [2.45, 2.75) is 43.6 Å². The highest BCUT2D eigenvalue weighted by molar-refractivity contribution is 8.03. The normalized spacial score (nSPS) is 31.5. The standard InChI is InChI=1S/C18H25N7O4S/c1-8-13-12(9(2)24-7-20-21-22-24)17(27)25(13)14(18(28)29)15(8)30-10-5-11(19-6-10)16(26)23(3)4/h7-13,19H,5-6H2,1-4H3,(H,28,29)/t8-,9-,10+,11+,12-,13-/m1/s1. The second-order valence-electron chi connectivity index (χ2n) is 8.23. The smallest absolute Gasteiger partial charge is 0.353 e. The van der Waals surface area contributed by atoms with Gasteiger partial charge in [-0.25, -0.2) is 9.48 Å². The third kappa shape index (κ3) is 3.18. The van der Waals surface area contributed by atoms with Crippen LogP contribution < -0.4 is 5.32 Å². The van der Waals surface area contributed by atoms with Crippen molar-refractivity contribution in [2.24, 2.45) is 11.8 Å². The fourth-order valence-electron chi connectivity index (χ4n) is 4.67. The predicted molar refractivity (Wildman–Crippen MR) is 107 cm³/mol. The molecule has 0 aromatic carbocycles. The zero-order valence-electron chi connectivity index (χ0n) is 17.2. The third-order valence-electron chi connectivity index (χ3n) is 6.22. The van der Waals surface area contributed by atoms with Gasteiger partial charge in [0, 0.05) is 36.7 Å². The molecule has 0 saturated carbocycles. The number of hydrogen-bond acceptors (Lipinski definition) is 8. The van der Waals surface area contributed by atoms with Gasteiger partial charge >= 0.3 is 5.97 Å².